The minimum Gasteiger partial charge on any atom is -0.324 e. The van der Waals surface area contributed by atoms with Crippen molar-refractivity contribution < 1.29 is 9.18 Å². The van der Waals surface area contributed by atoms with Crippen molar-refractivity contribution in [3.05, 3.63) is 30.1 Å². The van der Waals surface area contributed by atoms with Crippen molar-refractivity contribution in [2.24, 2.45) is 0 Å². The van der Waals surface area contributed by atoms with Crippen molar-refractivity contribution in [2.45, 2.75) is 13.3 Å². The lowest BCUT2D eigenvalue weighted by Gasteiger charge is -2.03. The Morgan fingerprint density at radius 3 is 2.75 bits per heavy atom. The van der Waals surface area contributed by atoms with Gasteiger partial charge in [0.25, 0.3) is 0 Å². The lowest BCUT2D eigenvalue weighted by Crippen LogP contribution is -2.10. The second kappa shape index (κ2) is 3.85. The fraction of sp³-hybridized carbons (Fsp3) is 0.222. The predicted molar refractivity (Wildman–Crippen MR) is 45.3 cm³/mol. The highest BCUT2D eigenvalue weighted by atomic mass is 19.1. The maximum atomic E-state index is 12.9. The molecule has 0 heterocycles. The molecule has 0 saturated carbocycles. The van der Waals surface area contributed by atoms with Gasteiger partial charge in [-0.1, -0.05) is 19.1 Å². The Hall–Kier alpha value is -1.38. The summed E-state index contributed by atoms with van der Waals surface area (Å²) in [7, 11) is 0. The molecule has 0 aliphatic heterocycles. The average Bonchev–Trinajstić information content (AvgIpc) is 2.09. The minimum absolute atomic E-state index is 0.180. The number of anilines is 1. The molecule has 0 aliphatic rings. The number of amides is 1. The third-order valence-corrected chi connectivity index (χ3v) is 1.47. The molecule has 0 unspecified atom stereocenters. The first kappa shape index (κ1) is 8.71. The number of para-hydroxylation sites is 1. The van der Waals surface area contributed by atoms with Crippen LogP contribution >= 0.6 is 0 Å². The molecule has 64 valence electrons. The van der Waals surface area contributed by atoms with Gasteiger partial charge in [-0.15, -0.1) is 0 Å². The molecule has 1 amide bonds. The number of hydrogen-bond donors (Lipinski definition) is 1. The molecule has 2 nitrogen and oxygen atoms in total. The van der Waals surface area contributed by atoms with Crippen molar-refractivity contribution in [1.29, 1.82) is 0 Å². The van der Waals surface area contributed by atoms with Gasteiger partial charge in [0.1, 0.15) is 5.82 Å². The first-order valence-corrected chi connectivity index (χ1v) is 3.78. The lowest BCUT2D eigenvalue weighted by molar-refractivity contribution is -0.115. The Morgan fingerprint density at radius 1 is 1.50 bits per heavy atom. The highest BCUT2D eigenvalue weighted by Crippen LogP contribution is 2.12. The zero-order valence-electron chi connectivity index (χ0n) is 6.80. The molecule has 3 heteroatoms. The third-order valence-electron chi connectivity index (χ3n) is 1.47. The molecule has 1 aromatic rings. The van der Waals surface area contributed by atoms with Gasteiger partial charge in [0.15, 0.2) is 0 Å². The molecule has 1 N–H and O–H groups in total. The molecular formula is C9H10FNO. The topological polar surface area (TPSA) is 29.1 Å². The van der Waals surface area contributed by atoms with Crippen LogP contribution in [-0.2, 0) is 4.79 Å². The summed E-state index contributed by atoms with van der Waals surface area (Å²) in [6.45, 7) is 1.72. The summed E-state index contributed by atoms with van der Waals surface area (Å²) in [4.78, 5) is 10.9. The zero-order valence-corrected chi connectivity index (χ0v) is 6.80. The number of rotatable bonds is 2. The Labute approximate surface area is 70.4 Å². The van der Waals surface area contributed by atoms with E-state index in [4.69, 9.17) is 0 Å². The van der Waals surface area contributed by atoms with E-state index in [1.165, 1.54) is 12.1 Å². The Morgan fingerprint density at radius 2 is 2.17 bits per heavy atom. The van der Waals surface area contributed by atoms with E-state index in [9.17, 15) is 9.18 Å². The summed E-state index contributed by atoms with van der Waals surface area (Å²) in [6.07, 6.45) is 0.355. The van der Waals surface area contributed by atoms with E-state index >= 15 is 0 Å². The predicted octanol–water partition coefficient (Wildman–Crippen LogP) is 2.17. The first-order chi connectivity index (χ1) is 5.74. The third kappa shape index (κ3) is 2.05. The van der Waals surface area contributed by atoms with Crippen LogP contribution in [0.2, 0.25) is 0 Å². The molecule has 0 saturated heterocycles. The average molecular weight is 167 g/mol. The van der Waals surface area contributed by atoms with Crippen LogP contribution < -0.4 is 5.32 Å². The van der Waals surface area contributed by atoms with E-state index in [0.717, 1.165) is 0 Å². The standard InChI is InChI=1S/C9H10FNO/c1-2-9(12)11-8-6-4-3-5-7(8)10/h3-6H,2H2,1H3,(H,11,12). The molecule has 0 fully saturated rings. The van der Waals surface area contributed by atoms with E-state index in [2.05, 4.69) is 5.32 Å². The Balaban J connectivity index is 2.75. The van der Waals surface area contributed by atoms with Gasteiger partial charge in [0, 0.05) is 6.42 Å². The van der Waals surface area contributed by atoms with Crippen molar-refractivity contribution >= 4 is 11.6 Å². The molecule has 0 spiro atoms. The van der Waals surface area contributed by atoms with Gasteiger partial charge in [-0.05, 0) is 12.1 Å². The maximum Gasteiger partial charge on any atom is 0.224 e. The number of hydrogen-bond acceptors (Lipinski definition) is 1. The second-order valence-corrected chi connectivity index (χ2v) is 2.38. The Kier molecular flexibility index (Phi) is 2.80. The van der Waals surface area contributed by atoms with Gasteiger partial charge >= 0.3 is 0 Å². The van der Waals surface area contributed by atoms with E-state index in [0.29, 0.717) is 6.42 Å². The number of halogens is 1. The van der Waals surface area contributed by atoms with Gasteiger partial charge in [-0.25, -0.2) is 4.39 Å². The van der Waals surface area contributed by atoms with Gasteiger partial charge in [-0.2, -0.15) is 0 Å². The van der Waals surface area contributed by atoms with Crippen molar-refractivity contribution in [2.75, 3.05) is 5.32 Å². The van der Waals surface area contributed by atoms with Crippen LogP contribution in [0.25, 0.3) is 0 Å². The summed E-state index contributed by atoms with van der Waals surface area (Å²) in [5.41, 5.74) is 0.240. The molecule has 0 radical (unpaired) electrons. The smallest absolute Gasteiger partial charge is 0.224 e. The highest BCUT2D eigenvalue weighted by molar-refractivity contribution is 5.90. The monoisotopic (exact) mass is 167 g/mol. The summed E-state index contributed by atoms with van der Waals surface area (Å²) in [5, 5.41) is 2.45. The molecule has 0 aromatic heterocycles. The minimum atomic E-state index is -0.403. The second-order valence-electron chi connectivity index (χ2n) is 2.38. The van der Waals surface area contributed by atoms with Crippen molar-refractivity contribution in [1.82, 2.24) is 0 Å². The quantitative estimate of drug-likeness (QED) is 0.718. The molecule has 12 heavy (non-hydrogen) atoms. The van der Waals surface area contributed by atoms with Gasteiger partial charge in [0.05, 0.1) is 5.69 Å². The van der Waals surface area contributed by atoms with E-state index in [1.807, 2.05) is 0 Å². The summed E-state index contributed by atoms with van der Waals surface area (Å²) in [6, 6.07) is 6.10. The van der Waals surface area contributed by atoms with Gasteiger partial charge < -0.3 is 5.32 Å². The highest BCUT2D eigenvalue weighted by Gasteiger charge is 2.02. The van der Waals surface area contributed by atoms with Crippen LogP contribution in [-0.4, -0.2) is 5.91 Å². The molecule has 0 aliphatic carbocycles. The molecule has 0 bridgehead atoms. The van der Waals surface area contributed by atoms with Crippen molar-refractivity contribution in [3.8, 4) is 0 Å². The molecule has 0 atom stereocenters. The molecule has 1 rings (SSSR count). The number of carbonyl (C=O) groups is 1. The van der Waals surface area contributed by atoms with Crippen LogP contribution in [0.5, 0.6) is 0 Å². The number of nitrogens with one attached hydrogen (secondary N) is 1. The summed E-state index contributed by atoms with van der Waals surface area (Å²) in [5.74, 6) is -0.584. The van der Waals surface area contributed by atoms with Crippen LogP contribution in [0.4, 0.5) is 10.1 Å². The SMILES string of the molecule is CCC(=O)Nc1ccccc1F. The van der Waals surface area contributed by atoms with Gasteiger partial charge in [0.2, 0.25) is 5.91 Å². The van der Waals surface area contributed by atoms with Crippen LogP contribution in [0.15, 0.2) is 24.3 Å². The number of benzene rings is 1. The fourth-order valence-electron chi connectivity index (χ4n) is 0.801. The van der Waals surface area contributed by atoms with Crippen LogP contribution in [0, 0.1) is 5.82 Å². The summed E-state index contributed by atoms with van der Waals surface area (Å²) >= 11 is 0. The first-order valence-electron chi connectivity index (χ1n) is 3.78. The number of carbonyl (C=O) groups excluding carboxylic acids is 1. The maximum absolute atomic E-state index is 12.9. The van der Waals surface area contributed by atoms with E-state index < -0.39 is 5.82 Å². The van der Waals surface area contributed by atoms with Crippen molar-refractivity contribution in [3.63, 3.8) is 0 Å². The Bertz CT molecular complexity index is 286. The largest absolute Gasteiger partial charge is 0.324 e. The van der Waals surface area contributed by atoms with Gasteiger partial charge in [-0.3, -0.25) is 4.79 Å². The van der Waals surface area contributed by atoms with Crippen LogP contribution in [0.3, 0.4) is 0 Å². The fourth-order valence-corrected chi connectivity index (χ4v) is 0.801. The van der Waals surface area contributed by atoms with E-state index in [1.54, 1.807) is 19.1 Å². The normalized spacial score (nSPS) is 9.50. The van der Waals surface area contributed by atoms with E-state index in [-0.39, 0.29) is 11.6 Å². The molecule has 1 aromatic carbocycles. The molecular weight excluding hydrogens is 157 g/mol. The lowest BCUT2D eigenvalue weighted by atomic mass is 10.3. The summed E-state index contributed by atoms with van der Waals surface area (Å²) < 4.78 is 12.9. The zero-order chi connectivity index (χ0) is 8.97. The van der Waals surface area contributed by atoms with Crippen LogP contribution in [0.1, 0.15) is 13.3 Å².